The highest BCUT2D eigenvalue weighted by Crippen LogP contribution is 2.45. The van der Waals surface area contributed by atoms with E-state index in [1.165, 1.54) is 167 Å². The third kappa shape index (κ3) is 64.6. The van der Waals surface area contributed by atoms with Gasteiger partial charge in [-0.05, 0) is 37.5 Å². The maximum atomic E-state index is 13.0. The second-order valence-corrected chi connectivity index (χ2v) is 29.1. The molecule has 0 aliphatic rings. The van der Waals surface area contributed by atoms with E-state index in [0.717, 1.165) is 102 Å². The van der Waals surface area contributed by atoms with E-state index in [4.69, 9.17) is 37.0 Å². The first-order chi connectivity index (χ1) is 42.9. The van der Waals surface area contributed by atoms with Gasteiger partial charge in [0, 0.05) is 25.7 Å². The zero-order valence-electron chi connectivity index (χ0n) is 57.7. The lowest BCUT2D eigenvalue weighted by Crippen LogP contribution is -2.30. The summed E-state index contributed by atoms with van der Waals surface area (Å²) in [6, 6.07) is 0. The zero-order valence-corrected chi connectivity index (χ0v) is 59.5. The largest absolute Gasteiger partial charge is 0.472 e. The van der Waals surface area contributed by atoms with Crippen LogP contribution in [0.25, 0.3) is 0 Å². The minimum atomic E-state index is -4.95. The fraction of sp³-hybridized carbons (Fsp3) is 0.943. The molecule has 3 N–H and O–H groups in total. The Morgan fingerprint density at radius 2 is 0.517 bits per heavy atom. The summed E-state index contributed by atoms with van der Waals surface area (Å²) in [7, 11) is -9.89. The lowest BCUT2D eigenvalue weighted by molar-refractivity contribution is -0.161. The number of phosphoric acid groups is 2. The third-order valence-corrected chi connectivity index (χ3v) is 18.1. The number of rotatable bonds is 69. The van der Waals surface area contributed by atoms with Crippen molar-refractivity contribution in [1.29, 1.82) is 0 Å². The number of hydrogen-bond donors (Lipinski definition) is 3. The van der Waals surface area contributed by atoms with Gasteiger partial charge in [0.05, 0.1) is 26.4 Å². The number of carbonyl (C=O) groups excluding carboxylic acids is 4. The fourth-order valence-electron chi connectivity index (χ4n) is 10.6. The number of esters is 4. The van der Waals surface area contributed by atoms with Crippen LogP contribution in [-0.4, -0.2) is 96.7 Å². The first-order valence-electron chi connectivity index (χ1n) is 36.5. The second-order valence-electron chi connectivity index (χ2n) is 26.2. The summed E-state index contributed by atoms with van der Waals surface area (Å²) in [6.45, 7) is 9.42. The quantitative estimate of drug-likeness (QED) is 0.0222. The van der Waals surface area contributed by atoms with Crippen molar-refractivity contribution >= 4 is 39.5 Å². The van der Waals surface area contributed by atoms with Gasteiger partial charge in [-0.2, -0.15) is 0 Å². The Balaban J connectivity index is 5.15. The molecular weight excluding hydrogens is 1170 g/mol. The molecule has 0 heterocycles. The molecule has 0 saturated carbocycles. The second kappa shape index (κ2) is 62.2. The molecule has 5 atom stereocenters. The molecule has 2 unspecified atom stereocenters. The Labute approximate surface area is 543 Å². The van der Waals surface area contributed by atoms with E-state index in [1.54, 1.807) is 0 Å². The van der Waals surface area contributed by atoms with Crippen LogP contribution in [0.5, 0.6) is 0 Å². The van der Waals surface area contributed by atoms with Crippen LogP contribution < -0.4 is 0 Å². The summed E-state index contributed by atoms with van der Waals surface area (Å²) >= 11 is 0. The molecule has 0 aliphatic carbocycles. The summed E-state index contributed by atoms with van der Waals surface area (Å²) < 4.78 is 68.0. The van der Waals surface area contributed by atoms with Gasteiger partial charge in [-0.1, -0.05) is 305 Å². The van der Waals surface area contributed by atoms with Gasteiger partial charge < -0.3 is 33.8 Å². The molecule has 0 aromatic rings. The minimum absolute atomic E-state index is 0.103. The van der Waals surface area contributed by atoms with E-state index >= 15 is 0 Å². The summed E-state index contributed by atoms with van der Waals surface area (Å²) in [5, 5.41) is 10.5. The summed E-state index contributed by atoms with van der Waals surface area (Å²) in [5.41, 5.74) is 0. The maximum Gasteiger partial charge on any atom is 0.472 e. The molecule has 528 valence electrons. The molecule has 0 aromatic carbocycles. The van der Waals surface area contributed by atoms with Crippen molar-refractivity contribution in [1.82, 2.24) is 0 Å². The van der Waals surface area contributed by atoms with Gasteiger partial charge in [-0.25, -0.2) is 9.13 Å². The topological polar surface area (TPSA) is 237 Å². The van der Waals surface area contributed by atoms with Crippen LogP contribution in [0.4, 0.5) is 0 Å². The monoisotopic (exact) mass is 1310 g/mol. The average Bonchev–Trinajstić information content (AvgIpc) is 3.61. The number of phosphoric ester groups is 2. The van der Waals surface area contributed by atoms with Crippen molar-refractivity contribution in [2.24, 2.45) is 11.8 Å². The first-order valence-corrected chi connectivity index (χ1v) is 39.5. The predicted octanol–water partition coefficient (Wildman–Crippen LogP) is 20.0. The third-order valence-electron chi connectivity index (χ3n) is 16.2. The highest BCUT2D eigenvalue weighted by molar-refractivity contribution is 7.47. The van der Waals surface area contributed by atoms with E-state index in [-0.39, 0.29) is 25.7 Å². The molecule has 0 saturated heterocycles. The van der Waals surface area contributed by atoms with Crippen LogP contribution in [-0.2, 0) is 65.4 Å². The summed E-state index contributed by atoms with van der Waals surface area (Å²) in [6.07, 6.45) is 47.7. The number of carbonyl (C=O) groups is 4. The Kier molecular flexibility index (Phi) is 60.8. The first kappa shape index (κ1) is 87.1. The number of aliphatic hydroxyl groups excluding tert-OH is 1. The van der Waals surface area contributed by atoms with Crippen LogP contribution >= 0.6 is 15.6 Å². The van der Waals surface area contributed by atoms with Crippen molar-refractivity contribution in [3.63, 3.8) is 0 Å². The Morgan fingerprint density at radius 1 is 0.303 bits per heavy atom. The van der Waals surface area contributed by atoms with Gasteiger partial charge in [0.25, 0.3) is 0 Å². The molecule has 0 aliphatic heterocycles. The van der Waals surface area contributed by atoms with Crippen molar-refractivity contribution in [2.75, 3.05) is 39.6 Å². The van der Waals surface area contributed by atoms with Gasteiger partial charge in [0.2, 0.25) is 0 Å². The van der Waals surface area contributed by atoms with E-state index in [2.05, 4.69) is 41.5 Å². The average molecular weight is 1310 g/mol. The standard InChI is InChI=1S/C70H136O17P2/c1-7-9-11-13-14-15-16-17-18-21-24-27-30-35-41-47-53-68(73)81-59-66(87-69(74)54-48-42-36-31-28-25-22-19-20-23-26-29-33-39-44-50-62(3)4)61-85-89(78,79)83-57-64(71)56-82-88(76,77)84-60-65(58-80-67(72)52-46-38-12-10-8-2)86-70(75)55-49-43-37-32-34-40-45-51-63(5)6/h62-66,71H,7-61H2,1-6H3,(H,76,77)(H,78,79)/t64-,65+,66+/m0/s1. The Morgan fingerprint density at radius 3 is 0.764 bits per heavy atom. The molecule has 17 nitrogen and oxygen atoms in total. The number of aliphatic hydroxyl groups is 1. The number of ether oxygens (including phenoxy) is 4. The molecule has 0 fully saturated rings. The van der Waals surface area contributed by atoms with Crippen molar-refractivity contribution in [2.45, 2.75) is 374 Å². The maximum absolute atomic E-state index is 13.0. The molecule has 0 aromatic heterocycles. The van der Waals surface area contributed by atoms with Crippen LogP contribution in [0.2, 0.25) is 0 Å². The molecule has 0 rings (SSSR count). The highest BCUT2D eigenvalue weighted by atomic mass is 31.2. The predicted molar refractivity (Wildman–Crippen MR) is 358 cm³/mol. The lowest BCUT2D eigenvalue weighted by Gasteiger charge is -2.21. The smallest absolute Gasteiger partial charge is 0.462 e. The number of unbranched alkanes of at least 4 members (excludes halogenated alkanes) is 39. The van der Waals surface area contributed by atoms with Gasteiger partial charge >= 0.3 is 39.5 Å². The Bertz CT molecular complexity index is 1730. The number of hydrogen-bond acceptors (Lipinski definition) is 15. The summed E-state index contributed by atoms with van der Waals surface area (Å²) in [4.78, 5) is 72.2. The van der Waals surface area contributed by atoms with Crippen molar-refractivity contribution < 1.29 is 80.2 Å². The molecule has 19 heteroatoms. The molecule has 0 bridgehead atoms. The van der Waals surface area contributed by atoms with Crippen LogP contribution in [0.3, 0.4) is 0 Å². The molecule has 0 amide bonds. The molecule has 0 spiro atoms. The van der Waals surface area contributed by atoms with E-state index in [1.807, 2.05) is 0 Å². The van der Waals surface area contributed by atoms with Crippen molar-refractivity contribution in [3.8, 4) is 0 Å². The highest BCUT2D eigenvalue weighted by Gasteiger charge is 2.30. The van der Waals surface area contributed by atoms with Crippen LogP contribution in [0.1, 0.15) is 356 Å². The Hall–Kier alpha value is -1.94. The zero-order chi connectivity index (χ0) is 65.7. The van der Waals surface area contributed by atoms with Crippen molar-refractivity contribution in [3.05, 3.63) is 0 Å². The summed E-state index contributed by atoms with van der Waals surface area (Å²) in [5.74, 6) is -0.638. The SMILES string of the molecule is CCCCCCCCCCCCCCCCCCC(=O)OC[C@H](COP(=O)(O)OC[C@@H](O)COP(=O)(O)OC[C@@H](COC(=O)CCCCCCC)OC(=O)CCCCCCCCCC(C)C)OC(=O)CCCCCCCCCCCCCCCCCC(C)C. The lowest BCUT2D eigenvalue weighted by atomic mass is 10.0. The molecule has 0 radical (unpaired) electrons. The van der Waals surface area contributed by atoms with Crippen LogP contribution in [0.15, 0.2) is 0 Å². The molecule has 89 heavy (non-hydrogen) atoms. The van der Waals surface area contributed by atoms with E-state index in [0.29, 0.717) is 31.6 Å². The minimum Gasteiger partial charge on any atom is -0.462 e. The van der Waals surface area contributed by atoms with Crippen LogP contribution in [0, 0.1) is 11.8 Å². The van der Waals surface area contributed by atoms with Gasteiger partial charge in [-0.15, -0.1) is 0 Å². The van der Waals surface area contributed by atoms with E-state index in [9.17, 15) is 43.2 Å². The fourth-order valence-corrected chi connectivity index (χ4v) is 12.2. The van der Waals surface area contributed by atoms with Gasteiger partial charge in [0.15, 0.2) is 12.2 Å². The normalized spacial score (nSPS) is 14.1. The molecular formula is C70H136O17P2. The van der Waals surface area contributed by atoms with Gasteiger partial charge in [0.1, 0.15) is 19.3 Å². The van der Waals surface area contributed by atoms with E-state index < -0.39 is 97.5 Å². The van der Waals surface area contributed by atoms with Gasteiger partial charge in [-0.3, -0.25) is 37.3 Å².